The van der Waals surface area contributed by atoms with Crippen molar-refractivity contribution < 1.29 is 9.53 Å². The first-order valence-corrected chi connectivity index (χ1v) is 8.51. The summed E-state index contributed by atoms with van der Waals surface area (Å²) in [6, 6.07) is 18.0. The van der Waals surface area contributed by atoms with Gasteiger partial charge in [-0.3, -0.25) is 4.79 Å². The average Bonchev–Trinajstić information content (AvgIpc) is 3.12. The molecule has 128 valence electrons. The van der Waals surface area contributed by atoms with Crippen LogP contribution in [0, 0.1) is 0 Å². The number of hydrogen-bond donors (Lipinski definition) is 1. The Hall–Kier alpha value is -2.95. The van der Waals surface area contributed by atoms with Crippen molar-refractivity contribution in [3.8, 4) is 5.75 Å². The fourth-order valence-corrected chi connectivity index (χ4v) is 3.40. The number of piperazine rings is 1. The molecule has 0 unspecified atom stereocenters. The minimum Gasteiger partial charge on any atom is -0.496 e. The number of aromatic nitrogens is 1. The van der Waals surface area contributed by atoms with Crippen molar-refractivity contribution in [2.45, 2.75) is 0 Å². The van der Waals surface area contributed by atoms with E-state index in [1.807, 2.05) is 47.4 Å². The molecular formula is C20H21N3O2. The maximum absolute atomic E-state index is 12.8. The lowest BCUT2D eigenvalue weighted by Gasteiger charge is -2.35. The molecule has 5 nitrogen and oxygen atoms in total. The number of aromatic amines is 1. The molecule has 1 saturated heterocycles. The van der Waals surface area contributed by atoms with Gasteiger partial charge in [-0.15, -0.1) is 0 Å². The molecule has 1 aromatic heterocycles. The molecule has 1 amide bonds. The van der Waals surface area contributed by atoms with Gasteiger partial charge in [0, 0.05) is 42.8 Å². The Morgan fingerprint density at radius 1 is 1.00 bits per heavy atom. The zero-order valence-electron chi connectivity index (χ0n) is 14.2. The second-order valence-corrected chi connectivity index (χ2v) is 6.22. The summed E-state index contributed by atoms with van der Waals surface area (Å²) in [4.78, 5) is 20.3. The SMILES string of the molecule is COc1cccc2[nH]c(C(=O)N3CCN(c4ccccc4)CC3)cc12. The lowest BCUT2D eigenvalue weighted by Crippen LogP contribution is -2.48. The van der Waals surface area contributed by atoms with E-state index in [0.29, 0.717) is 5.69 Å². The van der Waals surface area contributed by atoms with Gasteiger partial charge in [0.2, 0.25) is 0 Å². The number of fused-ring (bicyclic) bond motifs is 1. The zero-order valence-corrected chi connectivity index (χ0v) is 14.2. The van der Waals surface area contributed by atoms with Gasteiger partial charge < -0.3 is 19.5 Å². The number of hydrogen-bond acceptors (Lipinski definition) is 3. The molecule has 2 heterocycles. The Kier molecular flexibility index (Phi) is 4.06. The van der Waals surface area contributed by atoms with Crippen molar-refractivity contribution in [3.05, 3.63) is 60.3 Å². The number of amides is 1. The smallest absolute Gasteiger partial charge is 0.270 e. The van der Waals surface area contributed by atoms with Crippen LogP contribution in [-0.4, -0.2) is 49.1 Å². The molecule has 1 fully saturated rings. The molecule has 0 radical (unpaired) electrons. The van der Waals surface area contributed by atoms with Gasteiger partial charge in [0.1, 0.15) is 11.4 Å². The highest BCUT2D eigenvalue weighted by atomic mass is 16.5. The summed E-state index contributed by atoms with van der Waals surface area (Å²) >= 11 is 0. The number of para-hydroxylation sites is 1. The second kappa shape index (κ2) is 6.51. The van der Waals surface area contributed by atoms with E-state index in [2.05, 4.69) is 22.0 Å². The van der Waals surface area contributed by atoms with Crippen LogP contribution in [0.3, 0.4) is 0 Å². The Bertz CT molecular complexity index is 880. The summed E-state index contributed by atoms with van der Waals surface area (Å²) in [7, 11) is 1.64. The predicted molar refractivity (Wildman–Crippen MR) is 99.4 cm³/mol. The highest BCUT2D eigenvalue weighted by Crippen LogP contribution is 2.26. The van der Waals surface area contributed by atoms with Crippen molar-refractivity contribution in [1.29, 1.82) is 0 Å². The van der Waals surface area contributed by atoms with Crippen molar-refractivity contribution in [2.75, 3.05) is 38.2 Å². The highest BCUT2D eigenvalue weighted by Gasteiger charge is 2.23. The van der Waals surface area contributed by atoms with Gasteiger partial charge in [-0.2, -0.15) is 0 Å². The monoisotopic (exact) mass is 335 g/mol. The summed E-state index contributed by atoms with van der Waals surface area (Å²) < 4.78 is 5.38. The maximum atomic E-state index is 12.8. The van der Waals surface area contributed by atoms with E-state index in [4.69, 9.17) is 4.74 Å². The number of ether oxygens (including phenoxy) is 1. The number of carbonyl (C=O) groups excluding carboxylic acids is 1. The topological polar surface area (TPSA) is 48.6 Å². The third-order valence-corrected chi connectivity index (χ3v) is 4.76. The molecule has 0 saturated carbocycles. The number of carbonyl (C=O) groups is 1. The number of H-pyrrole nitrogens is 1. The largest absolute Gasteiger partial charge is 0.496 e. The highest BCUT2D eigenvalue weighted by molar-refractivity contribution is 5.99. The lowest BCUT2D eigenvalue weighted by atomic mass is 10.2. The molecule has 0 spiro atoms. The van der Waals surface area contributed by atoms with Crippen molar-refractivity contribution in [2.24, 2.45) is 0 Å². The molecule has 0 aliphatic carbocycles. The molecular weight excluding hydrogens is 314 g/mol. The lowest BCUT2D eigenvalue weighted by molar-refractivity contribution is 0.0742. The van der Waals surface area contributed by atoms with Crippen LogP contribution in [0.25, 0.3) is 10.9 Å². The van der Waals surface area contributed by atoms with Crippen LogP contribution < -0.4 is 9.64 Å². The zero-order chi connectivity index (χ0) is 17.2. The third-order valence-electron chi connectivity index (χ3n) is 4.76. The predicted octanol–water partition coefficient (Wildman–Crippen LogP) is 3.14. The Labute approximate surface area is 146 Å². The van der Waals surface area contributed by atoms with Crippen LogP contribution in [0.1, 0.15) is 10.5 Å². The maximum Gasteiger partial charge on any atom is 0.270 e. The van der Waals surface area contributed by atoms with E-state index < -0.39 is 0 Å². The number of rotatable bonds is 3. The first kappa shape index (κ1) is 15.6. The van der Waals surface area contributed by atoms with Gasteiger partial charge in [-0.25, -0.2) is 0 Å². The molecule has 1 aliphatic rings. The normalized spacial score (nSPS) is 14.8. The van der Waals surface area contributed by atoms with Crippen LogP contribution >= 0.6 is 0 Å². The molecule has 2 aromatic carbocycles. The number of benzene rings is 2. The van der Waals surface area contributed by atoms with Crippen LogP contribution in [0.2, 0.25) is 0 Å². The summed E-state index contributed by atoms with van der Waals surface area (Å²) in [5.41, 5.74) is 2.75. The Morgan fingerprint density at radius 3 is 2.48 bits per heavy atom. The third kappa shape index (κ3) is 2.93. The number of anilines is 1. The van der Waals surface area contributed by atoms with Crippen LogP contribution in [0.15, 0.2) is 54.6 Å². The van der Waals surface area contributed by atoms with Gasteiger partial charge in [-0.05, 0) is 30.3 Å². The van der Waals surface area contributed by atoms with Gasteiger partial charge in [0.05, 0.1) is 7.11 Å². The van der Waals surface area contributed by atoms with E-state index in [1.165, 1.54) is 5.69 Å². The first-order valence-electron chi connectivity index (χ1n) is 8.51. The van der Waals surface area contributed by atoms with E-state index in [0.717, 1.165) is 42.8 Å². The van der Waals surface area contributed by atoms with Gasteiger partial charge in [0.15, 0.2) is 0 Å². The molecule has 0 atom stereocenters. The van der Waals surface area contributed by atoms with E-state index in [9.17, 15) is 4.79 Å². The van der Waals surface area contributed by atoms with Crippen LogP contribution in [0.4, 0.5) is 5.69 Å². The van der Waals surface area contributed by atoms with E-state index in [-0.39, 0.29) is 5.91 Å². The van der Waals surface area contributed by atoms with Crippen molar-refractivity contribution in [1.82, 2.24) is 9.88 Å². The molecule has 1 N–H and O–H groups in total. The molecule has 0 bridgehead atoms. The minimum atomic E-state index is 0.0472. The average molecular weight is 335 g/mol. The second-order valence-electron chi connectivity index (χ2n) is 6.22. The number of nitrogens with one attached hydrogen (secondary N) is 1. The summed E-state index contributed by atoms with van der Waals surface area (Å²) in [5, 5.41) is 0.941. The van der Waals surface area contributed by atoms with Gasteiger partial charge in [-0.1, -0.05) is 24.3 Å². The molecule has 3 aromatic rings. The van der Waals surface area contributed by atoms with Crippen molar-refractivity contribution >= 4 is 22.5 Å². The molecule has 25 heavy (non-hydrogen) atoms. The van der Waals surface area contributed by atoms with Gasteiger partial charge >= 0.3 is 0 Å². The summed E-state index contributed by atoms with van der Waals surface area (Å²) in [5.74, 6) is 0.827. The standard InChI is InChI=1S/C20H21N3O2/c1-25-19-9-5-8-17-16(19)14-18(21-17)20(24)23-12-10-22(11-13-23)15-6-3-2-4-7-15/h2-9,14,21H,10-13H2,1H3. The fourth-order valence-electron chi connectivity index (χ4n) is 3.40. The summed E-state index contributed by atoms with van der Waals surface area (Å²) in [6.45, 7) is 3.14. The molecule has 1 aliphatic heterocycles. The Balaban J connectivity index is 1.49. The summed E-state index contributed by atoms with van der Waals surface area (Å²) in [6.07, 6.45) is 0. The quantitative estimate of drug-likeness (QED) is 0.800. The van der Waals surface area contributed by atoms with E-state index in [1.54, 1.807) is 7.11 Å². The Morgan fingerprint density at radius 2 is 1.76 bits per heavy atom. The van der Waals surface area contributed by atoms with E-state index >= 15 is 0 Å². The molecule has 4 rings (SSSR count). The minimum absolute atomic E-state index is 0.0472. The van der Waals surface area contributed by atoms with Gasteiger partial charge in [0.25, 0.3) is 5.91 Å². The van der Waals surface area contributed by atoms with Crippen LogP contribution in [-0.2, 0) is 0 Å². The number of nitrogens with zero attached hydrogens (tertiary/aromatic N) is 2. The first-order chi connectivity index (χ1) is 12.3. The fraction of sp³-hybridized carbons (Fsp3) is 0.250. The van der Waals surface area contributed by atoms with Crippen molar-refractivity contribution in [3.63, 3.8) is 0 Å². The molecule has 5 heteroatoms. The van der Waals surface area contributed by atoms with Crippen LogP contribution in [0.5, 0.6) is 5.75 Å². The number of methoxy groups -OCH3 is 1.